The molecule has 0 bridgehead atoms. The molecular weight excluding hydrogens is 276 g/mol. The lowest BCUT2D eigenvalue weighted by Crippen LogP contribution is -2.20. The number of anilines is 1. The van der Waals surface area contributed by atoms with E-state index in [1.54, 1.807) is 7.11 Å². The lowest BCUT2D eigenvalue weighted by atomic mass is 10.2. The smallest absolute Gasteiger partial charge is 0.161 e. The fraction of sp³-hybridized carbons (Fsp3) is 0.333. The Morgan fingerprint density at radius 3 is 2.59 bits per heavy atom. The zero-order chi connectivity index (χ0) is 15.2. The summed E-state index contributed by atoms with van der Waals surface area (Å²) < 4.78 is 11.2. The molecule has 2 N–H and O–H groups in total. The molecule has 4 nitrogen and oxygen atoms in total. The summed E-state index contributed by atoms with van der Waals surface area (Å²) in [6.45, 7) is 1.49. The van der Waals surface area contributed by atoms with E-state index in [1.165, 1.54) is 12.8 Å². The number of hydrogen-bond acceptors (Lipinski definition) is 4. The Kier molecular flexibility index (Phi) is 4.81. The van der Waals surface area contributed by atoms with E-state index in [0.717, 1.165) is 35.3 Å². The van der Waals surface area contributed by atoms with E-state index in [-0.39, 0.29) is 0 Å². The number of methoxy groups -OCH3 is 1. The summed E-state index contributed by atoms with van der Waals surface area (Å²) in [7, 11) is 1.67. The van der Waals surface area contributed by atoms with Gasteiger partial charge >= 0.3 is 0 Å². The maximum atomic E-state index is 5.88. The zero-order valence-electron chi connectivity index (χ0n) is 12.8. The summed E-state index contributed by atoms with van der Waals surface area (Å²) in [5.41, 5.74) is 8.58. The Hall–Kier alpha value is -2.20. The van der Waals surface area contributed by atoms with Crippen LogP contribution in [0.4, 0.5) is 5.69 Å². The van der Waals surface area contributed by atoms with Gasteiger partial charge in [-0.3, -0.25) is 0 Å². The highest BCUT2D eigenvalue weighted by Crippen LogP contribution is 2.33. The van der Waals surface area contributed by atoms with Gasteiger partial charge in [-0.15, -0.1) is 0 Å². The van der Waals surface area contributed by atoms with Gasteiger partial charge in [0.25, 0.3) is 0 Å². The molecule has 0 amide bonds. The van der Waals surface area contributed by atoms with E-state index in [9.17, 15) is 0 Å². The van der Waals surface area contributed by atoms with Crippen molar-refractivity contribution in [3.63, 3.8) is 0 Å². The third kappa shape index (κ3) is 4.15. The first-order valence-corrected chi connectivity index (χ1v) is 7.69. The van der Waals surface area contributed by atoms with Gasteiger partial charge in [0, 0.05) is 12.2 Å². The highest BCUT2D eigenvalue weighted by molar-refractivity contribution is 5.44. The first kappa shape index (κ1) is 14.7. The zero-order valence-corrected chi connectivity index (χ0v) is 12.8. The molecule has 2 aromatic rings. The molecule has 1 aliphatic rings. The molecule has 0 aromatic heterocycles. The van der Waals surface area contributed by atoms with E-state index in [2.05, 4.69) is 10.9 Å². The maximum Gasteiger partial charge on any atom is 0.161 e. The largest absolute Gasteiger partial charge is 0.493 e. The first-order chi connectivity index (χ1) is 10.8. The van der Waals surface area contributed by atoms with Gasteiger partial charge in [-0.1, -0.05) is 24.3 Å². The lowest BCUT2D eigenvalue weighted by Gasteiger charge is -2.13. The molecule has 22 heavy (non-hydrogen) atoms. The van der Waals surface area contributed by atoms with Gasteiger partial charge in [0.1, 0.15) is 0 Å². The minimum atomic E-state index is 0.707. The van der Waals surface area contributed by atoms with Crippen LogP contribution in [0.1, 0.15) is 18.4 Å². The second-order valence-electron chi connectivity index (χ2n) is 5.58. The molecule has 1 saturated carbocycles. The summed E-state index contributed by atoms with van der Waals surface area (Å²) >= 11 is 0. The van der Waals surface area contributed by atoms with Gasteiger partial charge in [-0.2, -0.15) is 0 Å². The number of ether oxygens (including phenoxy) is 2. The van der Waals surface area contributed by atoms with Crippen LogP contribution in [0.5, 0.6) is 11.5 Å². The number of hydrazine groups is 1. The van der Waals surface area contributed by atoms with Crippen molar-refractivity contribution in [1.82, 2.24) is 5.43 Å². The number of hydrogen-bond donors (Lipinski definition) is 2. The van der Waals surface area contributed by atoms with Gasteiger partial charge in [-0.05, 0) is 48.6 Å². The summed E-state index contributed by atoms with van der Waals surface area (Å²) in [6, 6.07) is 16.1. The molecule has 2 aromatic carbocycles. The third-order valence-electron chi connectivity index (χ3n) is 3.70. The van der Waals surface area contributed by atoms with Crippen molar-refractivity contribution >= 4 is 5.69 Å². The molecule has 4 heteroatoms. The number of para-hydroxylation sites is 1. The predicted octanol–water partition coefficient (Wildman–Crippen LogP) is 3.60. The fourth-order valence-corrected chi connectivity index (χ4v) is 2.21. The molecule has 0 unspecified atom stereocenters. The summed E-state index contributed by atoms with van der Waals surface area (Å²) in [5.74, 6) is 2.35. The Bertz CT molecular complexity index is 597. The first-order valence-electron chi connectivity index (χ1n) is 7.69. The van der Waals surface area contributed by atoms with Crippen molar-refractivity contribution in [3.05, 3.63) is 54.1 Å². The van der Waals surface area contributed by atoms with Crippen LogP contribution in [-0.2, 0) is 6.54 Å². The molecule has 1 fully saturated rings. The van der Waals surface area contributed by atoms with Crippen LogP contribution >= 0.6 is 0 Å². The topological polar surface area (TPSA) is 42.5 Å². The third-order valence-corrected chi connectivity index (χ3v) is 3.70. The summed E-state index contributed by atoms with van der Waals surface area (Å²) in [5, 5.41) is 0. The van der Waals surface area contributed by atoms with Gasteiger partial charge in [-0.25, -0.2) is 5.43 Å². The predicted molar refractivity (Wildman–Crippen MR) is 88.1 cm³/mol. The van der Waals surface area contributed by atoms with Crippen LogP contribution < -0.4 is 20.3 Å². The molecule has 116 valence electrons. The Morgan fingerprint density at radius 1 is 1.05 bits per heavy atom. The van der Waals surface area contributed by atoms with Crippen LogP contribution in [0.15, 0.2) is 48.5 Å². The molecule has 0 aliphatic heterocycles. The van der Waals surface area contributed by atoms with Crippen LogP contribution in [0.25, 0.3) is 0 Å². The molecule has 1 aliphatic carbocycles. The van der Waals surface area contributed by atoms with Crippen molar-refractivity contribution < 1.29 is 9.47 Å². The Labute approximate surface area is 131 Å². The monoisotopic (exact) mass is 298 g/mol. The van der Waals surface area contributed by atoms with Crippen molar-refractivity contribution in [1.29, 1.82) is 0 Å². The van der Waals surface area contributed by atoms with Crippen LogP contribution in [0.3, 0.4) is 0 Å². The van der Waals surface area contributed by atoms with Crippen LogP contribution in [-0.4, -0.2) is 13.7 Å². The highest BCUT2D eigenvalue weighted by atomic mass is 16.5. The van der Waals surface area contributed by atoms with Crippen LogP contribution in [0, 0.1) is 5.92 Å². The van der Waals surface area contributed by atoms with Gasteiger partial charge in [0.15, 0.2) is 11.5 Å². The molecule has 3 rings (SSSR count). The Morgan fingerprint density at radius 2 is 1.86 bits per heavy atom. The molecule has 0 radical (unpaired) electrons. The van der Waals surface area contributed by atoms with Crippen molar-refractivity contribution in [2.24, 2.45) is 5.92 Å². The number of benzene rings is 2. The van der Waals surface area contributed by atoms with E-state index in [0.29, 0.717) is 6.54 Å². The Balaban J connectivity index is 1.56. The van der Waals surface area contributed by atoms with E-state index in [4.69, 9.17) is 9.47 Å². The maximum absolute atomic E-state index is 5.88. The van der Waals surface area contributed by atoms with Gasteiger partial charge < -0.3 is 14.9 Å². The average Bonchev–Trinajstić information content (AvgIpc) is 3.38. The van der Waals surface area contributed by atoms with E-state index >= 15 is 0 Å². The molecular formula is C18H22N2O2. The second-order valence-corrected chi connectivity index (χ2v) is 5.58. The molecule has 0 atom stereocenters. The normalized spacial score (nSPS) is 13.7. The SMILES string of the molecule is COc1ccc(CNNc2ccccc2)cc1OCC1CC1. The lowest BCUT2D eigenvalue weighted by molar-refractivity contribution is 0.280. The summed E-state index contributed by atoms with van der Waals surface area (Å²) in [6.07, 6.45) is 2.56. The molecule has 0 heterocycles. The van der Waals surface area contributed by atoms with E-state index < -0.39 is 0 Å². The van der Waals surface area contributed by atoms with Gasteiger partial charge in [0.2, 0.25) is 0 Å². The second kappa shape index (κ2) is 7.18. The molecule has 0 saturated heterocycles. The minimum absolute atomic E-state index is 0.707. The van der Waals surface area contributed by atoms with Crippen molar-refractivity contribution in [3.8, 4) is 11.5 Å². The molecule has 0 spiro atoms. The van der Waals surface area contributed by atoms with Gasteiger partial charge in [0.05, 0.1) is 13.7 Å². The average molecular weight is 298 g/mol. The fourth-order valence-electron chi connectivity index (χ4n) is 2.21. The minimum Gasteiger partial charge on any atom is -0.493 e. The number of rotatable bonds is 8. The van der Waals surface area contributed by atoms with Crippen LogP contribution in [0.2, 0.25) is 0 Å². The quantitative estimate of drug-likeness (QED) is 0.731. The van der Waals surface area contributed by atoms with E-state index in [1.807, 2.05) is 48.5 Å². The number of nitrogens with one attached hydrogen (secondary N) is 2. The highest BCUT2D eigenvalue weighted by Gasteiger charge is 2.22. The van der Waals surface area contributed by atoms with Crippen molar-refractivity contribution in [2.75, 3.05) is 19.1 Å². The summed E-state index contributed by atoms with van der Waals surface area (Å²) in [4.78, 5) is 0. The van der Waals surface area contributed by atoms with Crippen molar-refractivity contribution in [2.45, 2.75) is 19.4 Å². The standard InChI is InChI=1S/C18H22N2O2/c1-21-17-10-9-15(11-18(17)22-13-14-7-8-14)12-19-20-16-5-3-2-4-6-16/h2-6,9-11,14,19-20H,7-8,12-13H2,1H3.